The summed E-state index contributed by atoms with van der Waals surface area (Å²) in [6.45, 7) is -0.341. The van der Waals surface area contributed by atoms with Crippen LogP contribution in [-0.2, 0) is 12.8 Å². The Labute approximate surface area is 191 Å². The van der Waals surface area contributed by atoms with Gasteiger partial charge in [0, 0.05) is 11.8 Å². The van der Waals surface area contributed by atoms with Gasteiger partial charge in [0.05, 0.1) is 16.3 Å². The van der Waals surface area contributed by atoms with E-state index in [0.29, 0.717) is 11.4 Å². The van der Waals surface area contributed by atoms with Crippen LogP contribution in [0.1, 0.15) is 21.6 Å². The van der Waals surface area contributed by atoms with Gasteiger partial charge in [0.15, 0.2) is 5.69 Å². The zero-order chi connectivity index (χ0) is 23.6. The average molecular weight is 473 g/mol. The third kappa shape index (κ3) is 5.01. The van der Waals surface area contributed by atoms with Crippen molar-refractivity contribution in [3.63, 3.8) is 0 Å². The van der Waals surface area contributed by atoms with Crippen molar-refractivity contribution >= 4 is 17.6 Å². The van der Waals surface area contributed by atoms with Crippen molar-refractivity contribution in [3.8, 4) is 22.6 Å². The fourth-order valence-electron chi connectivity index (χ4n) is 3.22. The molecule has 0 atom stereocenters. The maximum atomic E-state index is 13.5. The molecule has 0 fully saturated rings. The summed E-state index contributed by atoms with van der Waals surface area (Å²) in [7, 11) is 0. The Morgan fingerprint density at radius 3 is 2.15 bits per heavy atom. The number of aromatic carboxylic acids is 1. The highest BCUT2D eigenvalue weighted by atomic mass is 35.5. The summed E-state index contributed by atoms with van der Waals surface area (Å²) in [4.78, 5) is 11.0. The number of para-hydroxylation sites is 1. The molecule has 9 heteroatoms. The molecule has 0 spiro atoms. The predicted octanol–water partition coefficient (Wildman–Crippen LogP) is 6.49. The summed E-state index contributed by atoms with van der Waals surface area (Å²) in [6, 6.07) is 19.6. The molecule has 0 unspecified atom stereocenters. The minimum absolute atomic E-state index is 0.129. The van der Waals surface area contributed by atoms with E-state index in [4.69, 9.17) is 21.4 Å². The molecule has 1 heterocycles. The third-order valence-electron chi connectivity index (χ3n) is 4.87. The summed E-state index contributed by atoms with van der Waals surface area (Å²) in [5.41, 5.74) is 0.938. The highest BCUT2D eigenvalue weighted by Crippen LogP contribution is 2.33. The van der Waals surface area contributed by atoms with Crippen molar-refractivity contribution in [2.45, 2.75) is 12.8 Å². The zero-order valence-electron chi connectivity index (χ0n) is 16.9. The summed E-state index contributed by atoms with van der Waals surface area (Å²) in [5.74, 6) is -0.638. The fourth-order valence-corrected chi connectivity index (χ4v) is 3.45. The van der Waals surface area contributed by atoms with Crippen molar-refractivity contribution in [2.24, 2.45) is 0 Å². The number of carboxylic acids is 1. The number of hydrogen-bond acceptors (Lipinski definition) is 3. The van der Waals surface area contributed by atoms with Gasteiger partial charge in [-0.25, -0.2) is 9.48 Å². The summed E-state index contributed by atoms with van der Waals surface area (Å²) in [6.07, 6.45) is -3.40. The average Bonchev–Trinajstić information content (AvgIpc) is 3.23. The number of halogens is 4. The van der Waals surface area contributed by atoms with Gasteiger partial charge < -0.3 is 9.84 Å². The van der Waals surface area contributed by atoms with E-state index in [0.717, 1.165) is 15.8 Å². The molecule has 0 radical (unpaired) electrons. The Balaban J connectivity index is 1.53. The van der Waals surface area contributed by atoms with Gasteiger partial charge in [-0.2, -0.15) is 18.3 Å². The number of ether oxygens (including phenoxy) is 1. The SMILES string of the molecule is O=C(O)c1ccc(-c2ccc(OCc3cn(-c4ccccc4Cl)nc3C(F)(F)F)cc2)cc1. The molecule has 0 saturated heterocycles. The summed E-state index contributed by atoms with van der Waals surface area (Å²) >= 11 is 6.09. The van der Waals surface area contributed by atoms with Gasteiger partial charge in [-0.05, 0) is 47.5 Å². The van der Waals surface area contributed by atoms with Gasteiger partial charge in [-0.15, -0.1) is 0 Å². The van der Waals surface area contributed by atoms with Gasteiger partial charge >= 0.3 is 12.1 Å². The number of benzene rings is 3. The van der Waals surface area contributed by atoms with E-state index in [-0.39, 0.29) is 22.8 Å². The monoisotopic (exact) mass is 472 g/mol. The lowest BCUT2D eigenvalue weighted by molar-refractivity contribution is -0.142. The molecule has 0 aliphatic carbocycles. The van der Waals surface area contributed by atoms with E-state index in [1.54, 1.807) is 60.7 Å². The number of aromatic nitrogens is 2. The second-order valence-corrected chi connectivity index (χ2v) is 7.50. The molecule has 0 aliphatic heterocycles. The number of carboxylic acid groups (broad SMARTS) is 1. The normalized spacial score (nSPS) is 11.4. The zero-order valence-corrected chi connectivity index (χ0v) is 17.6. The van der Waals surface area contributed by atoms with Crippen LogP contribution in [0.3, 0.4) is 0 Å². The molecule has 0 amide bonds. The minimum Gasteiger partial charge on any atom is -0.489 e. The topological polar surface area (TPSA) is 64.3 Å². The molecular weight excluding hydrogens is 457 g/mol. The van der Waals surface area contributed by atoms with Gasteiger partial charge in [0.2, 0.25) is 0 Å². The summed E-state index contributed by atoms with van der Waals surface area (Å²) < 4.78 is 47.2. The van der Waals surface area contributed by atoms with Crippen LogP contribution in [0, 0.1) is 0 Å². The third-order valence-corrected chi connectivity index (χ3v) is 5.19. The second kappa shape index (κ2) is 8.99. The Bertz CT molecular complexity index is 1280. The lowest BCUT2D eigenvalue weighted by Crippen LogP contribution is -2.11. The van der Waals surface area contributed by atoms with Crippen LogP contribution in [0.5, 0.6) is 5.75 Å². The lowest BCUT2D eigenvalue weighted by atomic mass is 10.0. The van der Waals surface area contributed by atoms with Crippen molar-refractivity contribution in [1.82, 2.24) is 9.78 Å². The Morgan fingerprint density at radius 2 is 1.58 bits per heavy atom. The standard InChI is InChI=1S/C24H16ClF3N2O3/c25-20-3-1-2-4-21(20)30-13-18(22(29-30)24(26,27)28)14-33-19-11-9-16(10-12-19)15-5-7-17(8-6-15)23(31)32/h1-13H,14H2,(H,31,32). The number of alkyl halides is 3. The Kier molecular flexibility index (Phi) is 6.11. The molecule has 0 aliphatic rings. The molecular formula is C24H16ClF3N2O3. The van der Waals surface area contributed by atoms with Crippen molar-refractivity contribution in [2.75, 3.05) is 0 Å². The maximum Gasteiger partial charge on any atom is 0.435 e. The molecule has 1 aromatic heterocycles. The van der Waals surface area contributed by atoms with Crippen LogP contribution in [0.15, 0.2) is 79.0 Å². The first-order chi connectivity index (χ1) is 15.7. The highest BCUT2D eigenvalue weighted by Gasteiger charge is 2.37. The smallest absolute Gasteiger partial charge is 0.435 e. The molecule has 4 aromatic rings. The fraction of sp³-hybridized carbons (Fsp3) is 0.0833. The molecule has 33 heavy (non-hydrogen) atoms. The van der Waals surface area contributed by atoms with Crippen LogP contribution in [0.4, 0.5) is 13.2 Å². The molecule has 3 aromatic carbocycles. The number of rotatable bonds is 6. The minimum atomic E-state index is -4.66. The van der Waals surface area contributed by atoms with Crippen molar-refractivity contribution < 1.29 is 27.8 Å². The first-order valence-electron chi connectivity index (χ1n) is 9.69. The van der Waals surface area contributed by atoms with E-state index in [9.17, 15) is 18.0 Å². The van der Waals surface area contributed by atoms with E-state index in [2.05, 4.69) is 5.10 Å². The highest BCUT2D eigenvalue weighted by molar-refractivity contribution is 6.32. The van der Waals surface area contributed by atoms with Crippen LogP contribution in [0.25, 0.3) is 16.8 Å². The van der Waals surface area contributed by atoms with E-state index in [1.807, 2.05) is 0 Å². The second-order valence-electron chi connectivity index (χ2n) is 7.09. The molecule has 4 rings (SSSR count). The first kappa shape index (κ1) is 22.4. The molecule has 0 saturated carbocycles. The number of carbonyl (C=O) groups is 1. The van der Waals surface area contributed by atoms with Crippen molar-refractivity contribution in [1.29, 1.82) is 0 Å². The predicted molar refractivity (Wildman–Crippen MR) is 117 cm³/mol. The number of nitrogens with zero attached hydrogens (tertiary/aromatic N) is 2. The van der Waals surface area contributed by atoms with Gasteiger partial charge in [-0.3, -0.25) is 0 Å². The molecule has 168 valence electrons. The lowest BCUT2D eigenvalue weighted by Gasteiger charge is -2.09. The first-order valence-corrected chi connectivity index (χ1v) is 10.1. The van der Waals surface area contributed by atoms with E-state index < -0.39 is 17.8 Å². The van der Waals surface area contributed by atoms with E-state index >= 15 is 0 Å². The van der Waals surface area contributed by atoms with Gasteiger partial charge in [0.1, 0.15) is 12.4 Å². The summed E-state index contributed by atoms with van der Waals surface area (Å²) in [5, 5.41) is 12.9. The van der Waals surface area contributed by atoms with E-state index in [1.165, 1.54) is 18.3 Å². The van der Waals surface area contributed by atoms with Crippen LogP contribution in [-0.4, -0.2) is 20.9 Å². The van der Waals surface area contributed by atoms with Gasteiger partial charge in [0.25, 0.3) is 0 Å². The van der Waals surface area contributed by atoms with Crippen LogP contribution >= 0.6 is 11.6 Å². The van der Waals surface area contributed by atoms with Gasteiger partial charge in [-0.1, -0.05) is 48.0 Å². The van der Waals surface area contributed by atoms with Crippen LogP contribution < -0.4 is 4.74 Å². The Morgan fingerprint density at radius 1 is 0.970 bits per heavy atom. The quantitative estimate of drug-likeness (QED) is 0.348. The molecule has 5 nitrogen and oxygen atoms in total. The number of hydrogen-bond donors (Lipinski definition) is 1. The maximum absolute atomic E-state index is 13.5. The molecule has 1 N–H and O–H groups in total. The Hall–Kier alpha value is -3.78. The van der Waals surface area contributed by atoms with Crippen LogP contribution in [0.2, 0.25) is 5.02 Å². The largest absolute Gasteiger partial charge is 0.489 e. The molecule has 0 bridgehead atoms. The van der Waals surface area contributed by atoms with Crippen molar-refractivity contribution in [3.05, 3.63) is 101 Å².